The molecular weight excluding hydrogens is 414 g/mol. The Kier molecular flexibility index (Phi) is 5.81. The van der Waals surface area contributed by atoms with Crippen LogP contribution in [0.25, 0.3) is 0 Å². The summed E-state index contributed by atoms with van der Waals surface area (Å²) in [5.41, 5.74) is 1.57. The molecule has 0 saturated carbocycles. The fourth-order valence-corrected chi connectivity index (χ4v) is 4.55. The maximum absolute atomic E-state index is 13.6. The van der Waals surface area contributed by atoms with Gasteiger partial charge in [-0.1, -0.05) is 59.8 Å². The van der Waals surface area contributed by atoms with Crippen molar-refractivity contribution in [2.24, 2.45) is 0 Å². The molecule has 0 spiro atoms. The standard InChI is InChI=1S/C23H19N3O4S/c27-23(24-22-14-15-30-25-22)19-10-7-13-21(16-19)31(28,29)26(20-11-5-2-6-12-20)17-18-8-3-1-4-9-18/h1-16H,17H2,(H,24,25,27). The summed E-state index contributed by atoms with van der Waals surface area (Å²) in [6.07, 6.45) is 1.33. The molecule has 0 radical (unpaired) electrons. The van der Waals surface area contributed by atoms with Gasteiger partial charge in [0.05, 0.1) is 17.1 Å². The number of sulfonamides is 1. The summed E-state index contributed by atoms with van der Waals surface area (Å²) < 4.78 is 33.2. The highest BCUT2D eigenvalue weighted by Gasteiger charge is 2.26. The predicted molar refractivity (Wildman–Crippen MR) is 117 cm³/mol. The third-order valence-electron chi connectivity index (χ3n) is 4.58. The van der Waals surface area contributed by atoms with Gasteiger partial charge >= 0.3 is 0 Å². The molecule has 0 saturated heterocycles. The van der Waals surface area contributed by atoms with E-state index in [1.54, 1.807) is 30.3 Å². The van der Waals surface area contributed by atoms with Gasteiger partial charge in [-0.3, -0.25) is 9.10 Å². The summed E-state index contributed by atoms with van der Waals surface area (Å²) in [7, 11) is -3.95. The number of hydrogen-bond donors (Lipinski definition) is 1. The number of benzene rings is 3. The number of para-hydroxylation sites is 1. The highest BCUT2D eigenvalue weighted by Crippen LogP contribution is 2.26. The first-order valence-corrected chi connectivity index (χ1v) is 10.9. The molecule has 4 aromatic rings. The summed E-state index contributed by atoms with van der Waals surface area (Å²) in [6.45, 7) is 0.155. The minimum Gasteiger partial charge on any atom is -0.363 e. The first-order chi connectivity index (χ1) is 15.0. The summed E-state index contributed by atoms with van der Waals surface area (Å²) in [5, 5.41) is 6.20. The van der Waals surface area contributed by atoms with E-state index in [2.05, 4.69) is 10.5 Å². The Morgan fingerprint density at radius 2 is 1.61 bits per heavy atom. The Morgan fingerprint density at radius 3 is 2.29 bits per heavy atom. The van der Waals surface area contributed by atoms with Crippen LogP contribution in [0, 0.1) is 0 Å². The largest absolute Gasteiger partial charge is 0.363 e. The van der Waals surface area contributed by atoms with Crippen LogP contribution in [0.2, 0.25) is 0 Å². The average molecular weight is 433 g/mol. The zero-order valence-electron chi connectivity index (χ0n) is 16.4. The summed E-state index contributed by atoms with van der Waals surface area (Å²) >= 11 is 0. The van der Waals surface area contributed by atoms with Gasteiger partial charge in [0.1, 0.15) is 6.26 Å². The second-order valence-corrected chi connectivity index (χ2v) is 8.56. The minimum absolute atomic E-state index is 0.0140. The number of carbonyl (C=O) groups is 1. The molecule has 3 aromatic carbocycles. The van der Waals surface area contributed by atoms with Gasteiger partial charge in [-0.15, -0.1) is 0 Å². The smallest absolute Gasteiger partial charge is 0.264 e. The SMILES string of the molecule is O=C(Nc1ccon1)c1cccc(S(=O)(=O)N(Cc2ccccc2)c2ccccc2)c1. The second-order valence-electron chi connectivity index (χ2n) is 6.70. The zero-order valence-corrected chi connectivity index (χ0v) is 17.2. The summed E-state index contributed by atoms with van der Waals surface area (Å²) in [5.74, 6) is -0.242. The molecule has 0 atom stereocenters. The molecule has 8 heteroatoms. The van der Waals surface area contributed by atoms with Crippen LogP contribution in [0.1, 0.15) is 15.9 Å². The lowest BCUT2D eigenvalue weighted by Crippen LogP contribution is -2.30. The summed E-state index contributed by atoms with van der Waals surface area (Å²) in [6, 6.07) is 25.6. The van der Waals surface area contributed by atoms with Gasteiger partial charge < -0.3 is 9.84 Å². The van der Waals surface area contributed by atoms with Gasteiger partial charge in [0.25, 0.3) is 15.9 Å². The van der Waals surface area contributed by atoms with Crippen LogP contribution in [-0.2, 0) is 16.6 Å². The molecule has 0 unspecified atom stereocenters. The molecular formula is C23H19N3O4S. The van der Waals surface area contributed by atoms with Crippen LogP contribution >= 0.6 is 0 Å². The Morgan fingerprint density at radius 1 is 0.903 bits per heavy atom. The molecule has 0 aliphatic heterocycles. The topological polar surface area (TPSA) is 92.5 Å². The molecule has 31 heavy (non-hydrogen) atoms. The van der Waals surface area contributed by atoms with E-state index in [1.165, 1.54) is 34.8 Å². The molecule has 0 bridgehead atoms. The molecule has 0 aliphatic carbocycles. The van der Waals surface area contributed by atoms with Gasteiger partial charge in [-0.2, -0.15) is 0 Å². The molecule has 1 aromatic heterocycles. The first kappa shape index (κ1) is 20.4. The molecule has 1 heterocycles. The van der Waals surface area contributed by atoms with Crippen molar-refractivity contribution in [2.45, 2.75) is 11.4 Å². The number of rotatable bonds is 7. The normalized spacial score (nSPS) is 11.1. The lowest BCUT2D eigenvalue weighted by atomic mass is 10.2. The number of nitrogens with one attached hydrogen (secondary N) is 1. The monoisotopic (exact) mass is 433 g/mol. The highest BCUT2D eigenvalue weighted by molar-refractivity contribution is 7.92. The second kappa shape index (κ2) is 8.85. The van der Waals surface area contributed by atoms with E-state index >= 15 is 0 Å². The molecule has 156 valence electrons. The van der Waals surface area contributed by atoms with Crippen LogP contribution in [0.4, 0.5) is 11.5 Å². The number of aromatic nitrogens is 1. The minimum atomic E-state index is -3.95. The van der Waals surface area contributed by atoms with E-state index in [4.69, 9.17) is 4.52 Å². The highest BCUT2D eigenvalue weighted by atomic mass is 32.2. The van der Waals surface area contributed by atoms with Crippen LogP contribution in [0.3, 0.4) is 0 Å². The van der Waals surface area contributed by atoms with E-state index in [9.17, 15) is 13.2 Å². The first-order valence-electron chi connectivity index (χ1n) is 9.47. The maximum atomic E-state index is 13.6. The Bertz CT molecular complexity index is 1260. The third-order valence-corrected chi connectivity index (χ3v) is 6.35. The fourth-order valence-electron chi connectivity index (χ4n) is 3.05. The van der Waals surface area contributed by atoms with Crippen molar-refractivity contribution in [2.75, 3.05) is 9.62 Å². The van der Waals surface area contributed by atoms with Gasteiger partial charge in [-0.25, -0.2) is 8.42 Å². The fraction of sp³-hybridized carbons (Fsp3) is 0.0435. The lowest BCUT2D eigenvalue weighted by molar-refractivity contribution is 0.102. The quantitative estimate of drug-likeness (QED) is 0.469. The van der Waals surface area contributed by atoms with Crippen molar-refractivity contribution in [3.05, 3.63) is 108 Å². The predicted octanol–water partition coefficient (Wildman–Crippen LogP) is 4.32. The Labute approximate surface area is 180 Å². The van der Waals surface area contributed by atoms with Crippen LogP contribution in [0.15, 0.2) is 107 Å². The number of nitrogens with zero attached hydrogens (tertiary/aromatic N) is 2. The zero-order chi connectivity index (χ0) is 21.7. The van der Waals surface area contributed by atoms with Crippen molar-refractivity contribution in [1.82, 2.24) is 5.16 Å². The molecule has 7 nitrogen and oxygen atoms in total. The Balaban J connectivity index is 1.69. The van der Waals surface area contributed by atoms with Gasteiger partial charge in [0.15, 0.2) is 5.82 Å². The van der Waals surface area contributed by atoms with E-state index in [0.29, 0.717) is 5.69 Å². The van der Waals surface area contributed by atoms with Crippen molar-refractivity contribution >= 4 is 27.4 Å². The third kappa shape index (κ3) is 4.65. The van der Waals surface area contributed by atoms with E-state index < -0.39 is 15.9 Å². The van der Waals surface area contributed by atoms with Crippen LogP contribution in [0.5, 0.6) is 0 Å². The van der Waals surface area contributed by atoms with Crippen LogP contribution < -0.4 is 9.62 Å². The van der Waals surface area contributed by atoms with E-state index in [0.717, 1.165) is 5.56 Å². The average Bonchev–Trinajstić information content (AvgIpc) is 3.32. The van der Waals surface area contributed by atoms with Gasteiger partial charge in [0, 0.05) is 11.6 Å². The van der Waals surface area contributed by atoms with Crippen molar-refractivity contribution in [3.8, 4) is 0 Å². The number of hydrogen-bond acceptors (Lipinski definition) is 5. The van der Waals surface area contributed by atoms with Crippen LogP contribution in [-0.4, -0.2) is 19.5 Å². The molecule has 0 fully saturated rings. The van der Waals surface area contributed by atoms with Gasteiger partial charge in [0.2, 0.25) is 0 Å². The van der Waals surface area contributed by atoms with E-state index in [1.807, 2.05) is 36.4 Å². The summed E-state index contributed by atoms with van der Waals surface area (Å²) in [4.78, 5) is 12.5. The number of anilines is 2. The van der Waals surface area contributed by atoms with E-state index in [-0.39, 0.29) is 22.8 Å². The van der Waals surface area contributed by atoms with Crippen molar-refractivity contribution in [3.63, 3.8) is 0 Å². The molecule has 1 N–H and O–H groups in total. The van der Waals surface area contributed by atoms with Crippen molar-refractivity contribution < 1.29 is 17.7 Å². The number of amides is 1. The molecule has 4 rings (SSSR count). The number of carbonyl (C=O) groups excluding carboxylic acids is 1. The Hall–Kier alpha value is -3.91. The lowest BCUT2D eigenvalue weighted by Gasteiger charge is -2.25. The van der Waals surface area contributed by atoms with Crippen molar-refractivity contribution in [1.29, 1.82) is 0 Å². The maximum Gasteiger partial charge on any atom is 0.264 e. The molecule has 0 aliphatic rings. The molecule has 1 amide bonds. The van der Waals surface area contributed by atoms with Gasteiger partial charge in [-0.05, 0) is 35.9 Å².